The number of carbonyl (C=O) groups is 1. The molecule has 0 radical (unpaired) electrons. The van der Waals surface area contributed by atoms with Crippen LogP contribution in [0.4, 0.5) is 0 Å². The van der Waals surface area contributed by atoms with Gasteiger partial charge in [-0.2, -0.15) is 0 Å². The summed E-state index contributed by atoms with van der Waals surface area (Å²) < 4.78 is 2.12. The second-order valence-corrected chi connectivity index (χ2v) is 6.81. The Kier molecular flexibility index (Phi) is 4.71. The van der Waals surface area contributed by atoms with E-state index in [1.54, 1.807) is 4.90 Å². The molecule has 2 unspecified atom stereocenters. The van der Waals surface area contributed by atoms with E-state index in [1.807, 2.05) is 26.2 Å². The number of aromatic nitrogens is 1. The van der Waals surface area contributed by atoms with Crippen LogP contribution in [0.5, 0.6) is 0 Å². The number of aliphatic hydroxyl groups is 1. The van der Waals surface area contributed by atoms with Crippen molar-refractivity contribution >= 4 is 16.8 Å². The van der Waals surface area contributed by atoms with Gasteiger partial charge >= 0.3 is 0 Å². The lowest BCUT2D eigenvalue weighted by Crippen LogP contribution is -2.34. The number of fused-ring (bicyclic) bond motifs is 1. The van der Waals surface area contributed by atoms with Crippen LogP contribution in [-0.2, 0) is 18.3 Å². The lowest BCUT2D eigenvalue weighted by atomic mass is 10.0. The third-order valence-electron chi connectivity index (χ3n) is 5.14. The maximum atomic E-state index is 12.4. The average molecular weight is 314 g/mol. The highest BCUT2D eigenvalue weighted by Crippen LogP contribution is 2.26. The average Bonchev–Trinajstić information content (AvgIpc) is 3.09. The fourth-order valence-corrected chi connectivity index (χ4v) is 3.74. The number of hydrogen-bond donors (Lipinski definition) is 1. The number of aliphatic hydroxyl groups excluding tert-OH is 1. The van der Waals surface area contributed by atoms with E-state index in [4.69, 9.17) is 0 Å². The smallest absolute Gasteiger partial charge is 0.222 e. The van der Waals surface area contributed by atoms with Crippen LogP contribution < -0.4 is 0 Å². The molecule has 4 nitrogen and oxygen atoms in total. The topological polar surface area (TPSA) is 45.5 Å². The molecule has 0 spiro atoms. The summed E-state index contributed by atoms with van der Waals surface area (Å²) in [6, 6.07) is 8.31. The molecule has 124 valence electrons. The Labute approximate surface area is 137 Å². The fourth-order valence-electron chi connectivity index (χ4n) is 3.74. The zero-order chi connectivity index (χ0) is 16.4. The van der Waals surface area contributed by atoms with E-state index in [2.05, 4.69) is 22.9 Å². The van der Waals surface area contributed by atoms with Crippen LogP contribution in [0, 0.1) is 5.92 Å². The van der Waals surface area contributed by atoms with E-state index >= 15 is 0 Å². The van der Waals surface area contributed by atoms with Crippen LogP contribution in [0.3, 0.4) is 0 Å². The second-order valence-electron chi connectivity index (χ2n) is 6.81. The zero-order valence-corrected chi connectivity index (χ0v) is 14.0. The van der Waals surface area contributed by atoms with Crippen LogP contribution in [0.25, 0.3) is 10.9 Å². The molecule has 0 bridgehead atoms. The first-order valence-corrected chi connectivity index (χ1v) is 8.51. The minimum absolute atomic E-state index is 0.164. The summed E-state index contributed by atoms with van der Waals surface area (Å²) in [5.74, 6) is 0.415. The Hall–Kier alpha value is -1.81. The Morgan fingerprint density at radius 1 is 1.35 bits per heavy atom. The van der Waals surface area contributed by atoms with Gasteiger partial charge in [-0.1, -0.05) is 24.6 Å². The van der Waals surface area contributed by atoms with Gasteiger partial charge < -0.3 is 14.6 Å². The first kappa shape index (κ1) is 16.1. The Bertz CT molecular complexity index is 692. The van der Waals surface area contributed by atoms with Crippen molar-refractivity contribution in [1.82, 2.24) is 9.47 Å². The molecule has 1 aliphatic carbocycles. The molecule has 23 heavy (non-hydrogen) atoms. The predicted octanol–water partition coefficient (Wildman–Crippen LogP) is 2.73. The number of rotatable bonds is 5. The number of amides is 1. The van der Waals surface area contributed by atoms with Gasteiger partial charge in [-0.3, -0.25) is 4.79 Å². The van der Waals surface area contributed by atoms with Crippen LogP contribution in [-0.4, -0.2) is 40.2 Å². The first-order chi connectivity index (χ1) is 11.1. The van der Waals surface area contributed by atoms with E-state index in [1.165, 1.54) is 16.5 Å². The molecule has 1 N–H and O–H groups in total. The summed E-state index contributed by atoms with van der Waals surface area (Å²) in [4.78, 5) is 14.2. The molecule has 3 rings (SSSR count). The quantitative estimate of drug-likeness (QED) is 0.922. The van der Waals surface area contributed by atoms with E-state index < -0.39 is 0 Å². The molecule has 4 heteroatoms. The van der Waals surface area contributed by atoms with Gasteiger partial charge in [0.2, 0.25) is 5.91 Å². The molecule has 1 aliphatic rings. The fraction of sp³-hybridized carbons (Fsp3) is 0.526. The first-order valence-electron chi connectivity index (χ1n) is 8.51. The van der Waals surface area contributed by atoms with Crippen molar-refractivity contribution in [2.24, 2.45) is 13.0 Å². The molecule has 1 amide bonds. The van der Waals surface area contributed by atoms with Crippen molar-refractivity contribution in [2.45, 2.75) is 38.2 Å². The molecular formula is C19H26N2O2. The van der Waals surface area contributed by atoms with Crippen molar-refractivity contribution in [3.63, 3.8) is 0 Å². The Morgan fingerprint density at radius 3 is 2.87 bits per heavy atom. The number of nitrogens with zero attached hydrogens (tertiary/aromatic N) is 2. The van der Waals surface area contributed by atoms with E-state index in [-0.39, 0.29) is 17.9 Å². The van der Waals surface area contributed by atoms with Gasteiger partial charge in [-0.15, -0.1) is 0 Å². The number of carbonyl (C=O) groups excluding carboxylic acids is 1. The zero-order valence-electron chi connectivity index (χ0n) is 14.0. The number of benzene rings is 1. The summed E-state index contributed by atoms with van der Waals surface area (Å²) in [5.41, 5.74) is 2.43. The number of hydrogen-bond acceptors (Lipinski definition) is 2. The van der Waals surface area contributed by atoms with Crippen LogP contribution in [0.2, 0.25) is 0 Å². The molecule has 2 aromatic rings. The monoisotopic (exact) mass is 314 g/mol. The maximum Gasteiger partial charge on any atom is 0.222 e. The molecule has 0 aliphatic heterocycles. The van der Waals surface area contributed by atoms with E-state index in [0.29, 0.717) is 13.0 Å². The van der Waals surface area contributed by atoms with Crippen LogP contribution in [0.1, 0.15) is 31.2 Å². The van der Waals surface area contributed by atoms with Gasteiger partial charge in [0.1, 0.15) is 0 Å². The van der Waals surface area contributed by atoms with Gasteiger partial charge in [-0.05, 0) is 30.9 Å². The summed E-state index contributed by atoms with van der Waals surface area (Å²) in [6.45, 7) is 0.676. The van der Waals surface area contributed by atoms with Gasteiger partial charge in [0, 0.05) is 50.1 Å². The minimum atomic E-state index is -0.233. The minimum Gasteiger partial charge on any atom is -0.393 e. The third kappa shape index (κ3) is 3.42. The number of aryl methyl sites for hydroxylation is 2. The Morgan fingerprint density at radius 2 is 2.13 bits per heavy atom. The van der Waals surface area contributed by atoms with Crippen molar-refractivity contribution in [2.75, 3.05) is 13.6 Å². The highest BCUT2D eigenvalue weighted by molar-refractivity contribution is 5.84. The van der Waals surface area contributed by atoms with Crippen LogP contribution >= 0.6 is 0 Å². The summed E-state index contributed by atoms with van der Waals surface area (Å²) >= 11 is 0. The lowest BCUT2D eigenvalue weighted by Gasteiger charge is -2.23. The van der Waals surface area contributed by atoms with Crippen LogP contribution in [0.15, 0.2) is 30.5 Å². The van der Waals surface area contributed by atoms with Gasteiger partial charge in [0.25, 0.3) is 0 Å². The van der Waals surface area contributed by atoms with E-state index in [9.17, 15) is 9.90 Å². The molecule has 1 aromatic carbocycles. The summed E-state index contributed by atoms with van der Waals surface area (Å²) in [6.07, 6.45) is 6.15. The molecule has 1 fully saturated rings. The molecule has 2 atom stereocenters. The van der Waals surface area contributed by atoms with Crippen molar-refractivity contribution in [1.29, 1.82) is 0 Å². The second kappa shape index (κ2) is 6.75. The van der Waals surface area contributed by atoms with E-state index in [0.717, 1.165) is 25.7 Å². The normalized spacial score (nSPS) is 21.0. The molecule has 0 saturated heterocycles. The third-order valence-corrected chi connectivity index (χ3v) is 5.14. The predicted molar refractivity (Wildman–Crippen MR) is 92.2 cm³/mol. The molecule has 1 saturated carbocycles. The SMILES string of the molecule is CN(CC1CCCC1O)C(=O)CCc1cn(C)c2ccccc12. The molecule has 1 aromatic heterocycles. The molecular weight excluding hydrogens is 288 g/mol. The number of para-hydroxylation sites is 1. The Balaban J connectivity index is 1.59. The largest absolute Gasteiger partial charge is 0.393 e. The van der Waals surface area contributed by atoms with Gasteiger partial charge in [0.15, 0.2) is 0 Å². The maximum absolute atomic E-state index is 12.4. The summed E-state index contributed by atoms with van der Waals surface area (Å²) in [5, 5.41) is 11.1. The van der Waals surface area contributed by atoms with Crippen molar-refractivity contribution in [3.05, 3.63) is 36.0 Å². The highest BCUT2D eigenvalue weighted by atomic mass is 16.3. The van der Waals surface area contributed by atoms with Gasteiger partial charge in [-0.25, -0.2) is 0 Å². The van der Waals surface area contributed by atoms with Crippen molar-refractivity contribution in [3.8, 4) is 0 Å². The molecule has 1 heterocycles. The van der Waals surface area contributed by atoms with Gasteiger partial charge in [0.05, 0.1) is 6.10 Å². The van der Waals surface area contributed by atoms with Crippen molar-refractivity contribution < 1.29 is 9.90 Å². The standard InChI is InChI=1S/C19H26N2O2/c1-20-12-14(16-7-3-4-8-17(16)20)10-11-19(23)21(2)13-15-6-5-9-18(15)22/h3-4,7-8,12,15,18,22H,5-6,9-11,13H2,1-2H3. The lowest BCUT2D eigenvalue weighted by molar-refractivity contribution is -0.130. The summed E-state index contributed by atoms with van der Waals surface area (Å²) in [7, 11) is 3.90. The highest BCUT2D eigenvalue weighted by Gasteiger charge is 2.27.